The molecule has 6 nitrogen and oxygen atoms in total. The van der Waals surface area contributed by atoms with E-state index in [2.05, 4.69) is 12.2 Å². The van der Waals surface area contributed by atoms with Crippen LogP contribution in [0.15, 0.2) is 59.5 Å². The molecule has 1 saturated carbocycles. The Bertz CT molecular complexity index is 998. The van der Waals surface area contributed by atoms with Crippen LogP contribution >= 0.6 is 0 Å². The third kappa shape index (κ3) is 4.23. The molecule has 0 aromatic heterocycles. The van der Waals surface area contributed by atoms with Gasteiger partial charge in [-0.3, -0.25) is 0 Å². The van der Waals surface area contributed by atoms with E-state index in [0.29, 0.717) is 0 Å². The van der Waals surface area contributed by atoms with Crippen molar-refractivity contribution in [3.63, 3.8) is 0 Å². The van der Waals surface area contributed by atoms with Crippen LogP contribution in [-0.4, -0.2) is 37.4 Å². The average Bonchev–Trinajstić information content (AvgIpc) is 3.36. The quantitative estimate of drug-likeness (QED) is 0.732. The minimum Gasteiger partial charge on any atom is -0.444 e. The van der Waals surface area contributed by atoms with Gasteiger partial charge in [0.05, 0.1) is 10.4 Å². The molecule has 0 radical (unpaired) electrons. The molecular formula is C23H30N2O4S. The minimum atomic E-state index is -3.74. The molecule has 1 aliphatic rings. The monoisotopic (exact) mass is 430 g/mol. The minimum absolute atomic E-state index is 0.0246. The maximum Gasteiger partial charge on any atom is 0.408 e. The van der Waals surface area contributed by atoms with E-state index in [1.165, 1.54) is 0 Å². The van der Waals surface area contributed by atoms with E-state index in [1.54, 1.807) is 51.1 Å². The number of hydrogen-bond acceptors (Lipinski definition) is 5. The molecule has 1 aliphatic carbocycles. The number of amides is 1. The Morgan fingerprint density at radius 2 is 1.70 bits per heavy atom. The lowest BCUT2D eigenvalue weighted by Crippen LogP contribution is -2.49. The molecular weight excluding hydrogens is 400 g/mol. The number of carbonyl (C=O) groups is 1. The molecule has 0 saturated heterocycles. The molecule has 3 rings (SSSR count). The van der Waals surface area contributed by atoms with Crippen molar-refractivity contribution >= 4 is 15.9 Å². The number of carbonyl (C=O) groups excluding carboxylic acids is 1. The van der Waals surface area contributed by atoms with Gasteiger partial charge in [-0.2, -0.15) is 0 Å². The van der Waals surface area contributed by atoms with Crippen molar-refractivity contribution in [1.82, 2.24) is 5.32 Å². The van der Waals surface area contributed by atoms with Gasteiger partial charge in [0.25, 0.3) is 0 Å². The normalized spacial score (nSPS) is 23.6. The van der Waals surface area contributed by atoms with E-state index in [-0.39, 0.29) is 11.4 Å². The second-order valence-corrected chi connectivity index (χ2v) is 10.8. The van der Waals surface area contributed by atoms with Crippen LogP contribution in [0.5, 0.6) is 0 Å². The predicted molar refractivity (Wildman–Crippen MR) is 117 cm³/mol. The fourth-order valence-electron chi connectivity index (χ4n) is 3.99. The van der Waals surface area contributed by atoms with Gasteiger partial charge >= 0.3 is 6.09 Å². The Labute approximate surface area is 178 Å². The zero-order valence-corrected chi connectivity index (χ0v) is 18.7. The molecule has 162 valence electrons. The van der Waals surface area contributed by atoms with Crippen molar-refractivity contribution in [1.29, 1.82) is 0 Å². The highest BCUT2D eigenvalue weighted by Crippen LogP contribution is 2.57. The van der Waals surface area contributed by atoms with E-state index in [1.807, 2.05) is 24.3 Å². The van der Waals surface area contributed by atoms with E-state index < -0.39 is 38.2 Å². The Morgan fingerprint density at radius 3 is 2.20 bits per heavy atom. The van der Waals surface area contributed by atoms with Gasteiger partial charge < -0.3 is 15.8 Å². The molecule has 0 heterocycles. The summed E-state index contributed by atoms with van der Waals surface area (Å²) in [6.07, 6.45) is 0.211. The van der Waals surface area contributed by atoms with Gasteiger partial charge in [0.1, 0.15) is 10.9 Å². The van der Waals surface area contributed by atoms with Crippen molar-refractivity contribution in [2.45, 2.75) is 61.3 Å². The Morgan fingerprint density at radius 1 is 1.10 bits per heavy atom. The molecule has 7 heteroatoms. The number of nitrogens with one attached hydrogen (secondary N) is 1. The van der Waals surface area contributed by atoms with E-state index >= 15 is 0 Å². The summed E-state index contributed by atoms with van der Waals surface area (Å²) >= 11 is 0. The zero-order valence-electron chi connectivity index (χ0n) is 17.9. The summed E-state index contributed by atoms with van der Waals surface area (Å²) in [6.45, 7) is 7.31. The maximum atomic E-state index is 13.5. The third-order valence-electron chi connectivity index (χ3n) is 5.48. The topological polar surface area (TPSA) is 98.5 Å². The Hall–Kier alpha value is -2.38. The summed E-state index contributed by atoms with van der Waals surface area (Å²) < 4.78 is 32.4. The first-order valence-corrected chi connectivity index (χ1v) is 11.7. The van der Waals surface area contributed by atoms with Crippen LogP contribution in [-0.2, 0) is 21.0 Å². The predicted octanol–water partition coefficient (Wildman–Crippen LogP) is 3.41. The SMILES string of the molecule is CCc1ccc([C@@H]2[C@H](S(=O)(=O)c3ccccc3)[C@@]2(CN)NC(=O)OC(C)(C)C)cc1. The van der Waals surface area contributed by atoms with E-state index in [4.69, 9.17) is 10.5 Å². The molecule has 2 aromatic carbocycles. The molecule has 3 N–H and O–H groups in total. The molecule has 0 unspecified atom stereocenters. The molecule has 0 aliphatic heterocycles. The molecule has 3 atom stereocenters. The number of alkyl carbamates (subject to hydrolysis) is 1. The first kappa shape index (κ1) is 22.3. The van der Waals surface area contributed by atoms with Gasteiger partial charge in [0.2, 0.25) is 0 Å². The number of ether oxygens (including phenoxy) is 1. The number of hydrogen-bond donors (Lipinski definition) is 2. The first-order chi connectivity index (χ1) is 14.0. The largest absolute Gasteiger partial charge is 0.444 e. The van der Waals surface area contributed by atoms with Crippen LogP contribution in [0.2, 0.25) is 0 Å². The van der Waals surface area contributed by atoms with Gasteiger partial charge in [-0.05, 0) is 50.5 Å². The second-order valence-electron chi connectivity index (χ2n) is 8.72. The van der Waals surface area contributed by atoms with Crippen molar-refractivity contribution in [2.75, 3.05) is 6.54 Å². The fraction of sp³-hybridized carbons (Fsp3) is 0.435. The first-order valence-electron chi connectivity index (χ1n) is 10.1. The van der Waals surface area contributed by atoms with Crippen LogP contribution in [0.4, 0.5) is 4.79 Å². The number of benzene rings is 2. The summed E-state index contributed by atoms with van der Waals surface area (Å²) in [5, 5.41) is 1.93. The van der Waals surface area contributed by atoms with Gasteiger partial charge in [-0.1, -0.05) is 49.4 Å². The highest BCUT2D eigenvalue weighted by Gasteiger charge is 2.71. The highest BCUT2D eigenvalue weighted by molar-refractivity contribution is 7.92. The lowest BCUT2D eigenvalue weighted by atomic mass is 10.0. The third-order valence-corrected chi connectivity index (χ3v) is 7.77. The van der Waals surface area contributed by atoms with Crippen LogP contribution in [0.1, 0.15) is 44.7 Å². The molecule has 1 fully saturated rings. The smallest absolute Gasteiger partial charge is 0.408 e. The van der Waals surface area contributed by atoms with E-state index in [0.717, 1.165) is 17.5 Å². The molecule has 2 aromatic rings. The number of sulfone groups is 1. The Kier molecular flexibility index (Phi) is 5.98. The maximum absolute atomic E-state index is 13.5. The molecule has 1 amide bonds. The van der Waals surface area contributed by atoms with Crippen molar-refractivity contribution < 1.29 is 17.9 Å². The molecule has 0 spiro atoms. The van der Waals surface area contributed by atoms with Crippen LogP contribution in [0.3, 0.4) is 0 Å². The average molecular weight is 431 g/mol. The van der Waals surface area contributed by atoms with Gasteiger partial charge in [-0.15, -0.1) is 0 Å². The van der Waals surface area contributed by atoms with Crippen LogP contribution in [0.25, 0.3) is 0 Å². The van der Waals surface area contributed by atoms with Crippen LogP contribution in [0, 0.1) is 0 Å². The van der Waals surface area contributed by atoms with Crippen molar-refractivity contribution in [3.8, 4) is 0 Å². The highest BCUT2D eigenvalue weighted by atomic mass is 32.2. The van der Waals surface area contributed by atoms with Crippen molar-refractivity contribution in [3.05, 3.63) is 65.7 Å². The van der Waals surface area contributed by atoms with Gasteiger partial charge in [-0.25, -0.2) is 13.2 Å². The van der Waals surface area contributed by atoms with Gasteiger partial charge in [0, 0.05) is 12.5 Å². The lowest BCUT2D eigenvalue weighted by Gasteiger charge is -2.24. The molecule has 0 bridgehead atoms. The summed E-state index contributed by atoms with van der Waals surface area (Å²) in [4.78, 5) is 12.8. The molecule has 30 heavy (non-hydrogen) atoms. The zero-order chi connectivity index (χ0) is 22.2. The number of nitrogens with two attached hydrogens (primary N) is 1. The Balaban J connectivity index is 2.02. The van der Waals surface area contributed by atoms with Crippen molar-refractivity contribution in [2.24, 2.45) is 5.73 Å². The number of aryl methyl sites for hydroxylation is 1. The fourth-order valence-corrected chi connectivity index (χ4v) is 6.35. The summed E-state index contributed by atoms with van der Waals surface area (Å²) in [5.74, 6) is -0.467. The second kappa shape index (κ2) is 8.04. The summed E-state index contributed by atoms with van der Waals surface area (Å²) in [6, 6.07) is 16.1. The summed E-state index contributed by atoms with van der Waals surface area (Å²) in [5.41, 5.74) is 6.24. The lowest BCUT2D eigenvalue weighted by molar-refractivity contribution is 0.0497. The summed E-state index contributed by atoms with van der Waals surface area (Å²) in [7, 11) is -3.74. The van der Waals surface area contributed by atoms with Gasteiger partial charge in [0.15, 0.2) is 9.84 Å². The standard InChI is InChI=1S/C23H30N2O4S/c1-5-16-11-13-17(14-12-16)19-20(30(27,28)18-9-7-6-8-10-18)23(19,15-24)25-21(26)29-22(2,3)4/h6-14,19-20H,5,15,24H2,1-4H3,(H,25,26)/t19-,20+,23+/m1/s1. The van der Waals surface area contributed by atoms with E-state index in [9.17, 15) is 13.2 Å². The number of rotatable bonds is 6. The van der Waals surface area contributed by atoms with Crippen LogP contribution < -0.4 is 11.1 Å².